The van der Waals surface area contributed by atoms with Crippen LogP contribution in [0.25, 0.3) is 0 Å². The fourth-order valence-electron chi connectivity index (χ4n) is 4.70. The number of rotatable bonds is 6. The van der Waals surface area contributed by atoms with Gasteiger partial charge in [0.1, 0.15) is 12.3 Å². The predicted molar refractivity (Wildman–Crippen MR) is 120 cm³/mol. The number of anilines is 2. The summed E-state index contributed by atoms with van der Waals surface area (Å²) in [7, 11) is 0. The van der Waals surface area contributed by atoms with E-state index in [-0.39, 0.29) is 35.6 Å². The molecule has 3 atom stereocenters. The van der Waals surface area contributed by atoms with Crippen LogP contribution in [-0.2, 0) is 6.54 Å². The Labute approximate surface area is 203 Å². The maximum Gasteiger partial charge on any atom is 0.408 e. The third kappa shape index (κ3) is 5.15. The van der Waals surface area contributed by atoms with E-state index in [0.717, 1.165) is 31.6 Å². The molecule has 8 nitrogen and oxygen atoms in total. The van der Waals surface area contributed by atoms with Gasteiger partial charge in [-0.15, -0.1) is 10.2 Å². The average molecular weight is 514 g/mol. The van der Waals surface area contributed by atoms with Gasteiger partial charge in [0.05, 0.1) is 11.9 Å². The first-order valence-electron chi connectivity index (χ1n) is 10.7. The second kappa shape index (κ2) is 9.10. The molecule has 1 aliphatic carbocycles. The van der Waals surface area contributed by atoms with Crippen LogP contribution in [0.4, 0.5) is 24.8 Å². The minimum Gasteiger partial charge on any atom is -0.424 e. The Morgan fingerprint density at radius 3 is 2.56 bits per heavy atom. The molecule has 34 heavy (non-hydrogen) atoms. The highest BCUT2D eigenvalue weighted by molar-refractivity contribution is 6.30. The molecule has 3 aromatic rings. The number of hydrogen-bond donors (Lipinski definition) is 1. The molecule has 180 valence electrons. The van der Waals surface area contributed by atoms with E-state index in [1.807, 2.05) is 0 Å². The van der Waals surface area contributed by atoms with Crippen molar-refractivity contribution >= 4 is 34.8 Å². The summed E-state index contributed by atoms with van der Waals surface area (Å²) in [5.74, 6) is 0.897. The van der Waals surface area contributed by atoms with E-state index in [0.29, 0.717) is 14.9 Å². The van der Waals surface area contributed by atoms with Gasteiger partial charge in [0.25, 0.3) is 0 Å². The van der Waals surface area contributed by atoms with Crippen molar-refractivity contribution in [1.82, 2.24) is 25.0 Å². The topological polar surface area (TPSA) is 81.0 Å². The Bertz CT molecular complexity index is 1160. The summed E-state index contributed by atoms with van der Waals surface area (Å²) in [6.07, 6.45) is -0.832. The second-order valence-corrected chi connectivity index (χ2v) is 9.28. The van der Waals surface area contributed by atoms with Crippen LogP contribution >= 0.6 is 23.2 Å². The van der Waals surface area contributed by atoms with Crippen molar-refractivity contribution in [3.63, 3.8) is 0 Å². The highest BCUT2D eigenvalue weighted by Gasteiger charge is 2.43. The summed E-state index contributed by atoms with van der Waals surface area (Å²) in [4.78, 5) is 6.44. The van der Waals surface area contributed by atoms with Gasteiger partial charge in [-0.1, -0.05) is 29.3 Å². The number of fused-ring (bicyclic) bond motifs is 2. The number of aromatic nitrogens is 5. The van der Waals surface area contributed by atoms with E-state index >= 15 is 0 Å². The first-order valence-corrected chi connectivity index (χ1v) is 11.4. The van der Waals surface area contributed by atoms with Crippen LogP contribution in [-0.4, -0.2) is 50.3 Å². The lowest BCUT2D eigenvalue weighted by atomic mass is 9.92. The summed E-state index contributed by atoms with van der Waals surface area (Å²) >= 11 is 11.9. The fourth-order valence-corrected chi connectivity index (χ4v) is 5.03. The van der Waals surface area contributed by atoms with Gasteiger partial charge in [0, 0.05) is 30.2 Å². The van der Waals surface area contributed by atoms with Crippen molar-refractivity contribution in [2.45, 2.75) is 31.6 Å². The Morgan fingerprint density at radius 1 is 1.12 bits per heavy atom. The molecule has 5 rings (SSSR count). The van der Waals surface area contributed by atoms with E-state index in [4.69, 9.17) is 27.9 Å². The molecule has 1 saturated carbocycles. The van der Waals surface area contributed by atoms with Gasteiger partial charge in [-0.05, 0) is 42.9 Å². The molecule has 0 radical (unpaired) electrons. The number of piperidine rings is 1. The molecule has 2 bridgehead atoms. The van der Waals surface area contributed by atoms with Gasteiger partial charge in [0.2, 0.25) is 5.95 Å². The quantitative estimate of drug-likeness (QED) is 0.493. The van der Waals surface area contributed by atoms with E-state index in [2.05, 4.69) is 30.5 Å². The first kappa shape index (κ1) is 23.0. The lowest BCUT2D eigenvalue weighted by molar-refractivity contribution is -0.143. The minimum atomic E-state index is -4.48. The Kier molecular flexibility index (Phi) is 6.15. The molecule has 1 aromatic carbocycles. The summed E-state index contributed by atoms with van der Waals surface area (Å²) in [5.41, 5.74) is 0.903. The molecule has 2 aromatic heterocycles. The third-order valence-corrected chi connectivity index (χ3v) is 6.50. The van der Waals surface area contributed by atoms with E-state index in [1.165, 1.54) is 6.07 Å². The molecule has 3 heterocycles. The number of nitrogens with zero attached hydrogens (tertiary/aromatic N) is 6. The standard InChI is InChI=1S/C21H20Cl2F3N7O/c22-14-2-1-3-16(6-14)34-20-29-19(31-33(20)11-21(24,25)26)28-18-12-4-5-13(18)10-32(9-12)15-7-17(23)30-27-8-15/h1-3,6-8,12-13,18H,4-5,9-11H2,(H,28,31)/t12-,13+,18+. The smallest absolute Gasteiger partial charge is 0.408 e. The zero-order valence-corrected chi connectivity index (χ0v) is 19.2. The molecule has 13 heteroatoms. The van der Waals surface area contributed by atoms with Crippen molar-refractivity contribution in [2.75, 3.05) is 23.3 Å². The average Bonchev–Trinajstić information content (AvgIpc) is 3.21. The van der Waals surface area contributed by atoms with Crippen LogP contribution in [0.3, 0.4) is 0 Å². The fraction of sp³-hybridized carbons (Fsp3) is 0.429. The number of ether oxygens (including phenoxy) is 1. The lowest BCUT2D eigenvalue weighted by Gasteiger charge is -2.39. The van der Waals surface area contributed by atoms with Crippen molar-refractivity contribution < 1.29 is 17.9 Å². The van der Waals surface area contributed by atoms with Crippen molar-refractivity contribution in [2.24, 2.45) is 11.8 Å². The Balaban J connectivity index is 1.34. The van der Waals surface area contributed by atoms with Gasteiger partial charge in [0.15, 0.2) is 5.15 Å². The molecular formula is C21H20Cl2F3N7O. The summed E-state index contributed by atoms with van der Waals surface area (Å²) in [6.45, 7) is 0.190. The molecule has 0 unspecified atom stereocenters. The highest BCUT2D eigenvalue weighted by atomic mass is 35.5. The number of benzene rings is 1. The monoisotopic (exact) mass is 513 g/mol. The molecule has 2 fully saturated rings. The maximum absolute atomic E-state index is 13.1. The van der Waals surface area contributed by atoms with E-state index in [1.54, 1.807) is 30.5 Å². The van der Waals surface area contributed by atoms with E-state index in [9.17, 15) is 13.2 Å². The highest BCUT2D eigenvalue weighted by Crippen LogP contribution is 2.40. The number of alkyl halides is 3. The normalized spacial score (nSPS) is 22.1. The van der Waals surface area contributed by atoms with Gasteiger partial charge in [-0.2, -0.15) is 23.3 Å². The molecular weight excluding hydrogens is 494 g/mol. The van der Waals surface area contributed by atoms with Crippen LogP contribution in [0, 0.1) is 11.8 Å². The number of hydrogen-bond acceptors (Lipinski definition) is 7. The predicted octanol–water partition coefficient (Wildman–Crippen LogP) is 5.06. The van der Waals surface area contributed by atoms with Crippen molar-refractivity contribution in [1.29, 1.82) is 0 Å². The van der Waals surface area contributed by atoms with Gasteiger partial charge in [-0.3, -0.25) is 0 Å². The molecule has 1 N–H and O–H groups in total. The minimum absolute atomic E-state index is 0.0299. The summed E-state index contributed by atoms with van der Waals surface area (Å²) < 4.78 is 45.8. The van der Waals surface area contributed by atoms with E-state index < -0.39 is 12.7 Å². The van der Waals surface area contributed by atoms with Crippen molar-refractivity contribution in [3.8, 4) is 11.8 Å². The molecule has 0 spiro atoms. The lowest BCUT2D eigenvalue weighted by Crippen LogP contribution is -2.48. The molecule has 0 amide bonds. The number of halogens is 5. The molecule has 2 aliphatic rings. The van der Waals surface area contributed by atoms with Gasteiger partial charge < -0.3 is 15.0 Å². The third-order valence-electron chi connectivity index (χ3n) is 6.08. The summed E-state index contributed by atoms with van der Waals surface area (Å²) in [5, 5.41) is 15.8. The zero-order chi connectivity index (χ0) is 23.9. The number of nitrogens with one attached hydrogen (secondary N) is 1. The molecule has 1 saturated heterocycles. The van der Waals surface area contributed by atoms with Crippen LogP contribution in [0.2, 0.25) is 10.2 Å². The van der Waals surface area contributed by atoms with Crippen LogP contribution in [0.15, 0.2) is 36.5 Å². The van der Waals surface area contributed by atoms with Crippen molar-refractivity contribution in [3.05, 3.63) is 46.7 Å². The largest absolute Gasteiger partial charge is 0.424 e. The van der Waals surface area contributed by atoms with Crippen LogP contribution < -0.4 is 15.0 Å². The Morgan fingerprint density at radius 2 is 1.88 bits per heavy atom. The summed E-state index contributed by atoms with van der Waals surface area (Å²) in [6, 6.07) is 7.91. The van der Waals surface area contributed by atoms with Crippen LogP contribution in [0.5, 0.6) is 11.8 Å². The Hall–Kier alpha value is -2.79. The van der Waals surface area contributed by atoms with Gasteiger partial charge >= 0.3 is 12.2 Å². The zero-order valence-electron chi connectivity index (χ0n) is 17.7. The SMILES string of the molecule is FC(F)(F)Cn1nc(N[C@H]2[C@@H]3CC[C@H]2CN(c2cnnc(Cl)c2)C3)nc1Oc1cccc(Cl)c1. The maximum atomic E-state index is 13.1. The van der Waals surface area contributed by atoms with Crippen LogP contribution in [0.1, 0.15) is 12.8 Å². The second-order valence-electron chi connectivity index (χ2n) is 8.46. The molecule has 1 aliphatic heterocycles. The van der Waals surface area contributed by atoms with Gasteiger partial charge in [-0.25, -0.2) is 4.68 Å². The first-order chi connectivity index (χ1) is 16.2.